The number of aryl methyl sites for hydroxylation is 1. The summed E-state index contributed by atoms with van der Waals surface area (Å²) < 4.78 is 26.8. The number of carbonyl (C=O) groups is 1. The maximum absolute atomic E-state index is 12.6. The summed E-state index contributed by atoms with van der Waals surface area (Å²) in [6.45, 7) is -0.526. The van der Waals surface area contributed by atoms with E-state index >= 15 is 0 Å². The summed E-state index contributed by atoms with van der Waals surface area (Å²) in [7, 11) is 1.65. The molecule has 0 saturated heterocycles. The van der Waals surface area contributed by atoms with Crippen molar-refractivity contribution in [2.75, 3.05) is 13.2 Å². The summed E-state index contributed by atoms with van der Waals surface area (Å²) in [4.78, 5) is 11.5. The minimum absolute atomic E-state index is 0.247. The molecule has 0 aliphatic carbocycles. The number of aliphatic hydroxyl groups is 1. The van der Waals surface area contributed by atoms with Gasteiger partial charge in [-0.3, -0.25) is 9.48 Å². The lowest BCUT2D eigenvalue weighted by atomic mass is 10.2. The van der Waals surface area contributed by atoms with E-state index in [4.69, 9.17) is 5.11 Å². The average Bonchev–Trinajstić information content (AvgIpc) is 2.57. The summed E-state index contributed by atoms with van der Waals surface area (Å²) in [5.41, 5.74) is 0.834. The van der Waals surface area contributed by atoms with Gasteiger partial charge in [0.25, 0.3) is 11.8 Å². The molecule has 1 amide bonds. The van der Waals surface area contributed by atoms with Gasteiger partial charge >= 0.3 is 0 Å². The van der Waals surface area contributed by atoms with E-state index < -0.39 is 25.0 Å². The molecule has 0 aliphatic heterocycles. The Morgan fingerprint density at radius 3 is 2.75 bits per heavy atom. The third-order valence-corrected chi connectivity index (χ3v) is 2.22. The van der Waals surface area contributed by atoms with Crippen LogP contribution in [0.25, 0.3) is 0 Å². The molecule has 1 heterocycles. The zero-order valence-electron chi connectivity index (χ0n) is 9.00. The van der Waals surface area contributed by atoms with Crippen molar-refractivity contribution < 1.29 is 18.7 Å². The van der Waals surface area contributed by atoms with Crippen LogP contribution in [0.4, 0.5) is 8.78 Å². The van der Waals surface area contributed by atoms with E-state index in [-0.39, 0.29) is 5.56 Å². The van der Waals surface area contributed by atoms with Gasteiger partial charge in [-0.25, -0.2) is 8.78 Å². The lowest BCUT2D eigenvalue weighted by Gasteiger charge is -2.13. The Labute approximate surface area is 91.1 Å². The normalized spacial score (nSPS) is 11.6. The van der Waals surface area contributed by atoms with Gasteiger partial charge in [0, 0.05) is 12.7 Å². The lowest BCUT2D eigenvalue weighted by molar-refractivity contribution is -0.0462. The summed E-state index contributed by atoms with van der Waals surface area (Å²) in [5.74, 6) is -3.93. The first-order valence-corrected chi connectivity index (χ1v) is 4.63. The lowest BCUT2D eigenvalue weighted by Crippen LogP contribution is -2.39. The maximum atomic E-state index is 12.6. The van der Waals surface area contributed by atoms with Crippen molar-refractivity contribution in [2.24, 2.45) is 7.05 Å². The van der Waals surface area contributed by atoms with Gasteiger partial charge in [0.1, 0.15) is 6.61 Å². The Kier molecular flexibility index (Phi) is 3.58. The second-order valence-electron chi connectivity index (χ2n) is 3.46. The van der Waals surface area contributed by atoms with Crippen molar-refractivity contribution in [3.05, 3.63) is 17.5 Å². The van der Waals surface area contributed by atoms with E-state index in [1.54, 1.807) is 14.0 Å². The number of nitrogens with zero attached hydrogens (tertiary/aromatic N) is 2. The number of halogens is 2. The van der Waals surface area contributed by atoms with E-state index in [2.05, 4.69) is 5.10 Å². The molecule has 1 rings (SSSR count). The number of aliphatic hydroxyl groups excluding tert-OH is 1. The first-order chi connectivity index (χ1) is 7.37. The molecule has 2 N–H and O–H groups in total. The first kappa shape index (κ1) is 12.6. The highest BCUT2D eigenvalue weighted by Crippen LogP contribution is 2.11. The van der Waals surface area contributed by atoms with E-state index in [1.165, 1.54) is 10.9 Å². The average molecular weight is 233 g/mol. The SMILES string of the molecule is Cc1c(C(=O)NCC(F)(F)CO)cnn1C. The fourth-order valence-corrected chi connectivity index (χ4v) is 1.08. The van der Waals surface area contributed by atoms with Crippen LogP contribution in [0.1, 0.15) is 16.1 Å². The molecule has 1 aromatic heterocycles. The predicted molar refractivity (Wildman–Crippen MR) is 52.3 cm³/mol. The monoisotopic (exact) mass is 233 g/mol. The summed E-state index contributed by atoms with van der Waals surface area (Å²) in [6, 6.07) is 0. The Bertz CT molecular complexity index is 390. The number of carbonyl (C=O) groups excluding carboxylic acids is 1. The zero-order chi connectivity index (χ0) is 12.3. The zero-order valence-corrected chi connectivity index (χ0v) is 9.00. The van der Waals surface area contributed by atoms with Crippen molar-refractivity contribution in [1.82, 2.24) is 15.1 Å². The molecular formula is C9H13F2N3O2. The molecule has 0 aliphatic rings. The van der Waals surface area contributed by atoms with Gasteiger partial charge in [0.05, 0.1) is 18.3 Å². The molecule has 5 nitrogen and oxygen atoms in total. The smallest absolute Gasteiger partial charge is 0.287 e. The second-order valence-corrected chi connectivity index (χ2v) is 3.46. The molecule has 0 saturated carbocycles. The van der Waals surface area contributed by atoms with Crippen molar-refractivity contribution in [3.63, 3.8) is 0 Å². The Balaban J connectivity index is 2.64. The first-order valence-electron chi connectivity index (χ1n) is 4.63. The Morgan fingerprint density at radius 2 is 2.31 bits per heavy atom. The number of nitrogens with one attached hydrogen (secondary N) is 1. The minimum atomic E-state index is -3.30. The van der Waals surface area contributed by atoms with Crippen molar-refractivity contribution in [1.29, 1.82) is 0 Å². The van der Waals surface area contributed by atoms with Gasteiger partial charge in [-0.15, -0.1) is 0 Å². The molecular weight excluding hydrogens is 220 g/mol. The second kappa shape index (κ2) is 4.56. The highest BCUT2D eigenvalue weighted by Gasteiger charge is 2.28. The van der Waals surface area contributed by atoms with Crippen LogP contribution in [-0.2, 0) is 7.05 Å². The van der Waals surface area contributed by atoms with Gasteiger partial charge in [-0.1, -0.05) is 0 Å². The molecule has 1 aromatic rings. The number of hydrogen-bond acceptors (Lipinski definition) is 3. The van der Waals surface area contributed by atoms with E-state index in [0.29, 0.717) is 5.69 Å². The Morgan fingerprint density at radius 1 is 1.69 bits per heavy atom. The van der Waals surface area contributed by atoms with Crippen molar-refractivity contribution in [3.8, 4) is 0 Å². The Hall–Kier alpha value is -1.50. The fourth-order valence-electron chi connectivity index (χ4n) is 1.08. The van der Waals surface area contributed by atoms with E-state index in [0.717, 1.165) is 0 Å². The highest BCUT2D eigenvalue weighted by atomic mass is 19.3. The molecule has 0 unspecified atom stereocenters. The summed E-state index contributed by atoms with van der Waals surface area (Å²) >= 11 is 0. The van der Waals surface area contributed by atoms with Crippen LogP contribution in [-0.4, -0.2) is 39.9 Å². The van der Waals surface area contributed by atoms with Crippen LogP contribution in [0.3, 0.4) is 0 Å². The third kappa shape index (κ3) is 2.75. The number of hydrogen-bond donors (Lipinski definition) is 2. The largest absolute Gasteiger partial charge is 0.390 e. The molecule has 0 bridgehead atoms. The molecule has 0 atom stereocenters. The molecule has 7 heteroatoms. The topological polar surface area (TPSA) is 67.2 Å². The molecule has 0 fully saturated rings. The number of aromatic nitrogens is 2. The van der Waals surface area contributed by atoms with E-state index in [9.17, 15) is 13.6 Å². The van der Waals surface area contributed by atoms with Crippen LogP contribution in [0, 0.1) is 6.92 Å². The van der Waals surface area contributed by atoms with Gasteiger partial charge in [-0.05, 0) is 6.92 Å². The number of alkyl halides is 2. The highest BCUT2D eigenvalue weighted by molar-refractivity contribution is 5.95. The maximum Gasteiger partial charge on any atom is 0.287 e. The fraction of sp³-hybridized carbons (Fsp3) is 0.556. The predicted octanol–water partition coefficient (Wildman–Crippen LogP) is 0.0859. The van der Waals surface area contributed by atoms with Crippen molar-refractivity contribution >= 4 is 5.91 Å². The van der Waals surface area contributed by atoms with Crippen LogP contribution in [0.2, 0.25) is 0 Å². The molecule has 0 radical (unpaired) electrons. The van der Waals surface area contributed by atoms with Crippen LogP contribution >= 0.6 is 0 Å². The van der Waals surface area contributed by atoms with Gasteiger partial charge < -0.3 is 10.4 Å². The van der Waals surface area contributed by atoms with E-state index in [1.807, 2.05) is 5.32 Å². The van der Waals surface area contributed by atoms with Crippen LogP contribution in [0.5, 0.6) is 0 Å². The van der Waals surface area contributed by atoms with Gasteiger partial charge in [0.2, 0.25) is 0 Å². The molecule has 90 valence electrons. The number of rotatable bonds is 4. The molecule has 16 heavy (non-hydrogen) atoms. The standard InChI is InChI=1S/C9H13F2N3O2/c1-6-7(3-13-14(6)2)8(16)12-4-9(10,11)5-15/h3,15H,4-5H2,1-2H3,(H,12,16). The van der Waals surface area contributed by atoms with Gasteiger partial charge in [0.15, 0.2) is 0 Å². The minimum Gasteiger partial charge on any atom is -0.390 e. The summed E-state index contributed by atoms with van der Waals surface area (Å²) in [6.07, 6.45) is 1.31. The van der Waals surface area contributed by atoms with Crippen LogP contribution in [0.15, 0.2) is 6.20 Å². The van der Waals surface area contributed by atoms with Crippen LogP contribution < -0.4 is 5.32 Å². The van der Waals surface area contributed by atoms with Gasteiger partial charge in [-0.2, -0.15) is 5.10 Å². The van der Waals surface area contributed by atoms with Crippen molar-refractivity contribution in [2.45, 2.75) is 12.8 Å². The molecule has 0 aromatic carbocycles. The number of amides is 1. The summed E-state index contributed by atoms with van der Waals surface area (Å²) in [5, 5.41) is 14.2. The third-order valence-electron chi connectivity index (χ3n) is 2.22. The molecule has 0 spiro atoms. The quantitative estimate of drug-likeness (QED) is 0.774.